The van der Waals surface area contributed by atoms with E-state index in [0.717, 1.165) is 5.56 Å². The van der Waals surface area contributed by atoms with E-state index in [9.17, 15) is 16.8 Å². The molecule has 0 saturated carbocycles. The number of sulfonamides is 2. The van der Waals surface area contributed by atoms with Crippen molar-refractivity contribution in [1.29, 1.82) is 0 Å². The number of aryl methyl sites for hydroxylation is 2. The maximum absolute atomic E-state index is 12.8. The van der Waals surface area contributed by atoms with Crippen LogP contribution >= 0.6 is 0 Å². The Balaban J connectivity index is 1.93. The summed E-state index contributed by atoms with van der Waals surface area (Å²) in [6.45, 7) is 3.52. The van der Waals surface area contributed by atoms with Crippen molar-refractivity contribution in [2.45, 2.75) is 23.6 Å². The molecule has 0 aliphatic carbocycles. The van der Waals surface area contributed by atoms with E-state index in [1.165, 1.54) is 24.3 Å². The van der Waals surface area contributed by atoms with E-state index >= 15 is 0 Å². The van der Waals surface area contributed by atoms with Crippen molar-refractivity contribution >= 4 is 31.4 Å². The monoisotopic (exact) mass is 416 g/mol. The Morgan fingerprint density at radius 3 is 1.96 bits per heavy atom. The summed E-state index contributed by atoms with van der Waals surface area (Å²) >= 11 is 0. The van der Waals surface area contributed by atoms with Crippen molar-refractivity contribution in [3.8, 4) is 0 Å². The highest BCUT2D eigenvalue weighted by Gasteiger charge is 2.20. The molecule has 0 spiro atoms. The van der Waals surface area contributed by atoms with E-state index < -0.39 is 20.0 Å². The van der Waals surface area contributed by atoms with Crippen molar-refractivity contribution < 1.29 is 16.8 Å². The van der Waals surface area contributed by atoms with Crippen LogP contribution in [0.25, 0.3) is 0 Å². The van der Waals surface area contributed by atoms with Gasteiger partial charge in [-0.05, 0) is 61.4 Å². The van der Waals surface area contributed by atoms with Crippen LogP contribution in [0.5, 0.6) is 0 Å². The van der Waals surface area contributed by atoms with E-state index in [1.807, 2.05) is 13.0 Å². The lowest BCUT2D eigenvalue weighted by molar-refractivity contribution is 0.598. The minimum atomic E-state index is -3.89. The molecule has 0 amide bonds. The molecule has 0 bridgehead atoms. The van der Waals surface area contributed by atoms with Crippen LogP contribution in [-0.2, 0) is 20.0 Å². The molecule has 3 aromatic rings. The summed E-state index contributed by atoms with van der Waals surface area (Å²) in [5, 5.41) is 0. The van der Waals surface area contributed by atoms with Gasteiger partial charge in [-0.1, -0.05) is 36.4 Å². The van der Waals surface area contributed by atoms with E-state index in [2.05, 4.69) is 9.44 Å². The fraction of sp³-hybridized carbons (Fsp3) is 0.100. The third-order valence-electron chi connectivity index (χ3n) is 4.05. The van der Waals surface area contributed by atoms with Crippen molar-refractivity contribution in [3.05, 3.63) is 83.9 Å². The number of anilines is 2. The first kappa shape index (κ1) is 19.9. The largest absolute Gasteiger partial charge is 0.280 e. The van der Waals surface area contributed by atoms with Gasteiger partial charge >= 0.3 is 0 Å². The maximum atomic E-state index is 12.8. The van der Waals surface area contributed by atoms with Crippen molar-refractivity contribution in [3.63, 3.8) is 0 Å². The summed E-state index contributed by atoms with van der Waals surface area (Å²) in [5.74, 6) is 0. The number of rotatable bonds is 6. The van der Waals surface area contributed by atoms with Crippen molar-refractivity contribution in [2.75, 3.05) is 9.44 Å². The predicted octanol–water partition coefficient (Wildman–Crippen LogP) is 3.91. The van der Waals surface area contributed by atoms with Gasteiger partial charge in [0.2, 0.25) is 0 Å². The second-order valence-corrected chi connectivity index (χ2v) is 9.71. The molecule has 0 aliphatic rings. The molecule has 146 valence electrons. The van der Waals surface area contributed by atoms with E-state index in [1.54, 1.807) is 49.4 Å². The Labute approximate surface area is 165 Å². The standard InChI is InChI=1S/C20H20N2O4S2/c1-15-7-6-8-17(13-15)22-28(25,26)20-14-18(12-11-16(20)2)21-27(23,24)19-9-4-3-5-10-19/h3-14,21-22H,1-2H3. The number of hydrogen-bond acceptors (Lipinski definition) is 4. The number of benzene rings is 3. The third kappa shape index (κ3) is 4.52. The Morgan fingerprint density at radius 2 is 1.29 bits per heavy atom. The van der Waals surface area contributed by atoms with Gasteiger partial charge in [0.25, 0.3) is 20.0 Å². The van der Waals surface area contributed by atoms with Gasteiger partial charge in [0.05, 0.1) is 15.5 Å². The van der Waals surface area contributed by atoms with Crippen LogP contribution in [0.2, 0.25) is 0 Å². The van der Waals surface area contributed by atoms with Gasteiger partial charge in [-0.15, -0.1) is 0 Å². The van der Waals surface area contributed by atoms with Crippen molar-refractivity contribution in [2.24, 2.45) is 0 Å². The van der Waals surface area contributed by atoms with Gasteiger partial charge in [-0.25, -0.2) is 16.8 Å². The lowest BCUT2D eigenvalue weighted by Gasteiger charge is -2.14. The molecule has 28 heavy (non-hydrogen) atoms. The molecule has 2 N–H and O–H groups in total. The van der Waals surface area contributed by atoms with Crippen LogP contribution in [0.1, 0.15) is 11.1 Å². The van der Waals surface area contributed by atoms with Crippen LogP contribution in [0.15, 0.2) is 82.6 Å². The van der Waals surface area contributed by atoms with E-state index in [4.69, 9.17) is 0 Å². The van der Waals surface area contributed by atoms with Crippen LogP contribution < -0.4 is 9.44 Å². The summed E-state index contributed by atoms with van der Waals surface area (Å²) in [6, 6.07) is 19.3. The zero-order valence-corrected chi connectivity index (χ0v) is 17.0. The molecule has 0 aliphatic heterocycles. The first-order valence-electron chi connectivity index (χ1n) is 8.45. The average molecular weight is 417 g/mol. The first-order valence-corrected chi connectivity index (χ1v) is 11.4. The fourth-order valence-corrected chi connectivity index (χ4v) is 5.08. The minimum absolute atomic E-state index is 0.00210. The molecule has 0 heterocycles. The molecular weight excluding hydrogens is 396 g/mol. The van der Waals surface area contributed by atoms with Gasteiger partial charge in [0.15, 0.2) is 0 Å². The van der Waals surface area contributed by atoms with Gasteiger partial charge in [-0.3, -0.25) is 9.44 Å². The summed E-state index contributed by atoms with van der Waals surface area (Å²) in [4.78, 5) is 0.0973. The van der Waals surface area contributed by atoms with E-state index in [0.29, 0.717) is 11.3 Å². The Bertz CT molecular complexity index is 1210. The lowest BCUT2D eigenvalue weighted by atomic mass is 10.2. The molecule has 0 fully saturated rings. The summed E-state index contributed by atoms with van der Waals surface area (Å²) in [6.07, 6.45) is 0. The number of hydrogen-bond donors (Lipinski definition) is 2. The minimum Gasteiger partial charge on any atom is -0.280 e. The van der Waals surface area contributed by atoms with E-state index in [-0.39, 0.29) is 15.5 Å². The van der Waals surface area contributed by atoms with Crippen molar-refractivity contribution in [1.82, 2.24) is 0 Å². The zero-order valence-electron chi connectivity index (χ0n) is 15.4. The Hall–Kier alpha value is -2.84. The molecule has 3 rings (SSSR count). The second kappa shape index (κ2) is 7.65. The third-order valence-corrected chi connectivity index (χ3v) is 6.97. The van der Waals surface area contributed by atoms with Gasteiger partial charge in [0.1, 0.15) is 0 Å². The second-order valence-electron chi connectivity index (χ2n) is 6.37. The number of nitrogens with one attached hydrogen (secondary N) is 2. The fourth-order valence-electron chi connectivity index (χ4n) is 2.69. The highest BCUT2D eigenvalue weighted by atomic mass is 32.2. The molecule has 6 nitrogen and oxygen atoms in total. The molecule has 8 heteroatoms. The molecule has 0 radical (unpaired) electrons. The smallest absolute Gasteiger partial charge is 0.262 e. The van der Waals surface area contributed by atoms with Gasteiger partial charge < -0.3 is 0 Å². The predicted molar refractivity (Wildman–Crippen MR) is 110 cm³/mol. The quantitative estimate of drug-likeness (QED) is 0.637. The van der Waals surface area contributed by atoms with Gasteiger partial charge in [0, 0.05) is 5.69 Å². The molecule has 0 aromatic heterocycles. The molecule has 0 saturated heterocycles. The zero-order chi connectivity index (χ0) is 20.4. The average Bonchev–Trinajstić information content (AvgIpc) is 2.63. The molecule has 0 unspecified atom stereocenters. The summed E-state index contributed by atoms with van der Waals surface area (Å²) in [5.41, 5.74) is 2.03. The highest BCUT2D eigenvalue weighted by Crippen LogP contribution is 2.25. The SMILES string of the molecule is Cc1cccc(NS(=O)(=O)c2cc(NS(=O)(=O)c3ccccc3)ccc2C)c1. The van der Waals surface area contributed by atoms with Crippen LogP contribution in [0.4, 0.5) is 11.4 Å². The van der Waals surface area contributed by atoms with Crippen LogP contribution in [0, 0.1) is 13.8 Å². The summed E-state index contributed by atoms with van der Waals surface area (Å²) < 4.78 is 55.6. The lowest BCUT2D eigenvalue weighted by Crippen LogP contribution is -2.16. The normalized spacial score (nSPS) is 11.8. The van der Waals surface area contributed by atoms with Crippen LogP contribution in [0.3, 0.4) is 0 Å². The molecule has 3 aromatic carbocycles. The Morgan fingerprint density at radius 1 is 0.643 bits per heavy atom. The maximum Gasteiger partial charge on any atom is 0.262 e. The Kier molecular flexibility index (Phi) is 5.44. The molecule has 0 atom stereocenters. The topological polar surface area (TPSA) is 92.3 Å². The highest BCUT2D eigenvalue weighted by molar-refractivity contribution is 7.93. The summed E-state index contributed by atoms with van der Waals surface area (Å²) in [7, 11) is -7.71. The van der Waals surface area contributed by atoms with Crippen LogP contribution in [-0.4, -0.2) is 16.8 Å². The molecular formula is C20H20N2O4S2. The van der Waals surface area contributed by atoms with Gasteiger partial charge in [-0.2, -0.15) is 0 Å². The first-order chi connectivity index (χ1) is 13.2.